The van der Waals surface area contributed by atoms with Crippen LogP contribution in [0.25, 0.3) is 22.3 Å². The van der Waals surface area contributed by atoms with E-state index >= 15 is 0 Å². The van der Waals surface area contributed by atoms with E-state index < -0.39 is 0 Å². The first-order chi connectivity index (χ1) is 20.1. The first kappa shape index (κ1) is 25.9. The molecule has 1 aliphatic carbocycles. The highest BCUT2D eigenvalue weighted by Crippen LogP contribution is 2.29. The summed E-state index contributed by atoms with van der Waals surface area (Å²) in [6.45, 7) is 5.18. The number of rotatable bonds is 6. The number of hydrogen-bond acceptors (Lipinski definition) is 8. The van der Waals surface area contributed by atoms with Gasteiger partial charge in [-0.15, -0.1) is 0 Å². The molecule has 0 bridgehead atoms. The largest absolute Gasteiger partial charge is 0.369 e. The van der Waals surface area contributed by atoms with Gasteiger partial charge >= 0.3 is 0 Å². The van der Waals surface area contributed by atoms with Gasteiger partial charge in [0.1, 0.15) is 11.5 Å². The summed E-state index contributed by atoms with van der Waals surface area (Å²) in [5.41, 5.74) is 10.9. The Bertz CT molecular complexity index is 1530. The van der Waals surface area contributed by atoms with E-state index in [-0.39, 0.29) is 5.91 Å². The third kappa shape index (κ3) is 5.63. The van der Waals surface area contributed by atoms with E-state index in [1.54, 1.807) is 0 Å². The molecule has 2 aromatic carbocycles. The number of nitrogens with one attached hydrogen (secondary N) is 5. The van der Waals surface area contributed by atoms with Crippen molar-refractivity contribution in [2.45, 2.75) is 31.3 Å². The predicted octanol–water partition coefficient (Wildman–Crippen LogP) is 3.69. The first-order valence-electron chi connectivity index (χ1n) is 14.6. The molecule has 212 valence electrons. The smallest absolute Gasteiger partial charge is 0.272 e. The number of piperazine rings is 1. The Kier molecular flexibility index (Phi) is 7.03. The van der Waals surface area contributed by atoms with E-state index in [1.807, 2.05) is 48.7 Å². The van der Waals surface area contributed by atoms with Crippen LogP contribution < -0.4 is 26.4 Å². The number of amides is 1. The fourth-order valence-corrected chi connectivity index (χ4v) is 6.33. The van der Waals surface area contributed by atoms with E-state index in [1.165, 1.54) is 5.69 Å². The van der Waals surface area contributed by atoms with Gasteiger partial charge in [-0.2, -0.15) is 0 Å². The Labute approximate surface area is 239 Å². The van der Waals surface area contributed by atoms with Crippen LogP contribution in [0.1, 0.15) is 29.8 Å². The maximum atomic E-state index is 13.1. The standard InChI is InChI=1S/C31H37N9O/c1-39-12-14-40(15-13-39)25-7-4-23(5-8-25)35-31(41)28-17-20-2-3-21(18-27(20)36-28)30-32-11-10-29(37-30)34-24-6-9-26-22(16-24)19-33-38-26/h2-5,7-8,10-11,17-18,22,24,26,33,36,38H,6,9,12-16,19H2,1H3,(H,35,41)(H,32,34,37). The lowest BCUT2D eigenvalue weighted by Gasteiger charge is -2.34. The topological polar surface area (TPSA) is 113 Å². The van der Waals surface area contributed by atoms with Crippen molar-refractivity contribution in [1.82, 2.24) is 30.7 Å². The Morgan fingerprint density at radius 3 is 2.71 bits per heavy atom. The van der Waals surface area contributed by atoms with Gasteiger partial charge in [-0.1, -0.05) is 12.1 Å². The minimum atomic E-state index is -0.167. The zero-order valence-electron chi connectivity index (χ0n) is 23.4. The number of likely N-dealkylation sites (N-methyl/N-ethyl adjacent to an activating group) is 1. The van der Waals surface area contributed by atoms with E-state index in [9.17, 15) is 4.79 Å². The number of carbonyl (C=O) groups is 1. The normalized spacial score (nSPS) is 23.0. The Morgan fingerprint density at radius 2 is 1.85 bits per heavy atom. The van der Waals surface area contributed by atoms with Crippen LogP contribution in [0.2, 0.25) is 0 Å². The van der Waals surface area contributed by atoms with Gasteiger partial charge in [-0.3, -0.25) is 15.6 Å². The van der Waals surface area contributed by atoms with Crippen LogP contribution in [-0.4, -0.2) is 77.6 Å². The van der Waals surface area contributed by atoms with Gasteiger partial charge in [0.2, 0.25) is 0 Å². The van der Waals surface area contributed by atoms with Gasteiger partial charge in [0.25, 0.3) is 5.91 Å². The maximum Gasteiger partial charge on any atom is 0.272 e. The summed E-state index contributed by atoms with van der Waals surface area (Å²) in [4.78, 5) is 30.4. The molecule has 4 heterocycles. The summed E-state index contributed by atoms with van der Waals surface area (Å²) in [7, 11) is 2.15. The van der Waals surface area contributed by atoms with Gasteiger partial charge in [0, 0.05) is 78.8 Å². The second-order valence-electron chi connectivity index (χ2n) is 11.6. The number of hydrogen-bond donors (Lipinski definition) is 5. The number of benzene rings is 2. The lowest BCUT2D eigenvalue weighted by Crippen LogP contribution is -2.44. The molecule has 2 aliphatic heterocycles. The van der Waals surface area contributed by atoms with Crippen LogP contribution >= 0.6 is 0 Å². The van der Waals surface area contributed by atoms with Crippen LogP contribution in [0.15, 0.2) is 60.8 Å². The summed E-state index contributed by atoms with van der Waals surface area (Å²) in [5.74, 6) is 2.00. The summed E-state index contributed by atoms with van der Waals surface area (Å²) in [5, 5.41) is 7.63. The highest BCUT2D eigenvalue weighted by Gasteiger charge is 2.33. The van der Waals surface area contributed by atoms with Crippen molar-refractivity contribution in [1.29, 1.82) is 0 Å². The van der Waals surface area contributed by atoms with Crippen molar-refractivity contribution in [2.24, 2.45) is 5.92 Å². The molecule has 3 atom stereocenters. The molecule has 0 spiro atoms. The average molecular weight is 552 g/mol. The van der Waals surface area contributed by atoms with Gasteiger partial charge in [-0.25, -0.2) is 9.97 Å². The molecule has 5 N–H and O–H groups in total. The fourth-order valence-electron chi connectivity index (χ4n) is 6.33. The van der Waals surface area contributed by atoms with Crippen LogP contribution in [0, 0.1) is 5.92 Å². The predicted molar refractivity (Wildman–Crippen MR) is 163 cm³/mol. The SMILES string of the molecule is CN1CCN(c2ccc(NC(=O)c3cc4ccc(-c5nccc(NC6CCC7NNCC7C6)n5)cc4[nH]3)cc2)CC1. The van der Waals surface area contributed by atoms with Gasteiger partial charge in [0.05, 0.1) is 0 Å². The summed E-state index contributed by atoms with van der Waals surface area (Å²) in [6.07, 6.45) is 5.22. The van der Waals surface area contributed by atoms with Gasteiger partial charge in [0.15, 0.2) is 5.82 Å². The van der Waals surface area contributed by atoms with Crippen molar-refractivity contribution < 1.29 is 4.79 Å². The van der Waals surface area contributed by atoms with Crippen molar-refractivity contribution in [3.63, 3.8) is 0 Å². The fraction of sp³-hybridized carbons (Fsp3) is 0.387. The summed E-state index contributed by atoms with van der Waals surface area (Å²) in [6, 6.07) is 18.9. The molecular weight excluding hydrogens is 514 g/mol. The Hall–Kier alpha value is -3.99. The summed E-state index contributed by atoms with van der Waals surface area (Å²) < 4.78 is 0. The second kappa shape index (κ2) is 11.1. The van der Waals surface area contributed by atoms with E-state index in [4.69, 9.17) is 4.98 Å². The van der Waals surface area contributed by atoms with E-state index in [2.05, 4.69) is 60.4 Å². The van der Waals surface area contributed by atoms with E-state index in [0.29, 0.717) is 29.5 Å². The molecule has 1 saturated carbocycles. The zero-order chi connectivity index (χ0) is 27.8. The highest BCUT2D eigenvalue weighted by atomic mass is 16.1. The Balaban J connectivity index is 1.01. The number of carbonyl (C=O) groups excluding carboxylic acids is 1. The zero-order valence-corrected chi connectivity index (χ0v) is 23.4. The van der Waals surface area contributed by atoms with Crippen molar-refractivity contribution >= 4 is 34.0 Å². The third-order valence-electron chi connectivity index (χ3n) is 8.76. The molecular formula is C31H37N9O. The maximum absolute atomic E-state index is 13.1. The van der Waals surface area contributed by atoms with Crippen molar-refractivity contribution in [3.8, 4) is 11.4 Å². The molecule has 2 saturated heterocycles. The highest BCUT2D eigenvalue weighted by molar-refractivity contribution is 6.06. The molecule has 0 radical (unpaired) electrons. The lowest BCUT2D eigenvalue weighted by atomic mass is 9.83. The minimum absolute atomic E-state index is 0.167. The monoisotopic (exact) mass is 551 g/mol. The molecule has 10 nitrogen and oxygen atoms in total. The molecule has 1 amide bonds. The molecule has 41 heavy (non-hydrogen) atoms. The molecule has 4 aromatic rings. The van der Waals surface area contributed by atoms with Crippen LogP contribution in [-0.2, 0) is 0 Å². The van der Waals surface area contributed by atoms with E-state index in [0.717, 1.165) is 80.0 Å². The number of nitrogens with zero attached hydrogens (tertiary/aromatic N) is 4. The molecule has 2 aromatic heterocycles. The van der Waals surface area contributed by atoms with Crippen LogP contribution in [0.5, 0.6) is 0 Å². The molecule has 7 rings (SSSR count). The molecule has 10 heteroatoms. The van der Waals surface area contributed by atoms with Gasteiger partial charge in [-0.05, 0) is 74.7 Å². The first-order valence-corrected chi connectivity index (χ1v) is 14.6. The average Bonchev–Trinajstić information content (AvgIpc) is 3.65. The van der Waals surface area contributed by atoms with Crippen LogP contribution in [0.3, 0.4) is 0 Å². The van der Waals surface area contributed by atoms with Crippen molar-refractivity contribution in [3.05, 3.63) is 66.5 Å². The lowest BCUT2D eigenvalue weighted by molar-refractivity contribution is 0.102. The quantitative estimate of drug-likeness (QED) is 0.247. The number of aromatic nitrogens is 3. The van der Waals surface area contributed by atoms with Crippen LogP contribution in [0.4, 0.5) is 17.2 Å². The Morgan fingerprint density at radius 1 is 1.00 bits per heavy atom. The number of H-pyrrole nitrogens is 1. The number of anilines is 3. The molecule has 3 unspecified atom stereocenters. The van der Waals surface area contributed by atoms with Gasteiger partial charge < -0.3 is 25.4 Å². The summed E-state index contributed by atoms with van der Waals surface area (Å²) >= 11 is 0. The minimum Gasteiger partial charge on any atom is -0.369 e. The number of fused-ring (bicyclic) bond motifs is 2. The molecule has 3 fully saturated rings. The third-order valence-corrected chi connectivity index (χ3v) is 8.76. The number of aromatic amines is 1. The van der Waals surface area contributed by atoms with Crippen molar-refractivity contribution in [2.75, 3.05) is 55.3 Å². The molecule has 3 aliphatic rings. The second-order valence-corrected chi connectivity index (χ2v) is 11.6. The number of hydrazine groups is 1.